The van der Waals surface area contributed by atoms with Crippen LogP contribution < -0.4 is 5.32 Å². The molecule has 0 saturated carbocycles. The summed E-state index contributed by atoms with van der Waals surface area (Å²) in [5, 5.41) is 30.3. The van der Waals surface area contributed by atoms with Crippen LogP contribution in [0.4, 0.5) is 0 Å². The number of carboxylic acids is 1. The highest BCUT2D eigenvalue weighted by molar-refractivity contribution is 5.96. The van der Waals surface area contributed by atoms with Crippen LogP contribution in [-0.2, 0) is 17.8 Å². The van der Waals surface area contributed by atoms with Crippen molar-refractivity contribution in [3.05, 3.63) is 95.2 Å². The lowest BCUT2D eigenvalue weighted by atomic mass is 10.0. The van der Waals surface area contributed by atoms with Crippen LogP contribution in [0, 0.1) is 6.92 Å². The third-order valence-electron chi connectivity index (χ3n) is 5.57. The van der Waals surface area contributed by atoms with Gasteiger partial charge in [-0.25, -0.2) is 9.97 Å². The predicted molar refractivity (Wildman–Crippen MR) is 132 cm³/mol. The van der Waals surface area contributed by atoms with Gasteiger partial charge in [-0.05, 0) is 29.7 Å². The van der Waals surface area contributed by atoms with Crippen molar-refractivity contribution in [1.82, 2.24) is 20.3 Å². The third-order valence-corrected chi connectivity index (χ3v) is 5.57. The molecule has 0 bridgehead atoms. The summed E-state index contributed by atoms with van der Waals surface area (Å²) in [5.41, 5.74) is 5.45. The number of aromatic hydroxyl groups is 1. The number of amides is 1. The van der Waals surface area contributed by atoms with Gasteiger partial charge in [-0.1, -0.05) is 54.6 Å². The average Bonchev–Trinajstić information content (AvgIpc) is 2.90. The van der Waals surface area contributed by atoms with Gasteiger partial charge in [-0.2, -0.15) is 0 Å². The largest absolute Gasteiger partial charge is 0.504 e. The number of hydrogen-bond donors (Lipinski definition) is 4. The minimum atomic E-state index is -1.20. The highest BCUT2D eigenvalue weighted by atomic mass is 16.4. The Morgan fingerprint density at radius 2 is 1.50 bits per heavy atom. The summed E-state index contributed by atoms with van der Waals surface area (Å²) in [7, 11) is 0. The summed E-state index contributed by atoms with van der Waals surface area (Å²) in [6.45, 7) is 0.976. The molecule has 9 nitrogen and oxygen atoms in total. The maximum atomic E-state index is 12.2. The minimum absolute atomic E-state index is 0.00437. The number of pyridine rings is 1. The van der Waals surface area contributed by atoms with Crippen LogP contribution in [0.3, 0.4) is 0 Å². The summed E-state index contributed by atoms with van der Waals surface area (Å²) < 4.78 is 0. The van der Waals surface area contributed by atoms with Crippen LogP contribution >= 0.6 is 0 Å². The number of aryl methyl sites for hydroxylation is 1. The first-order valence-corrected chi connectivity index (χ1v) is 11.2. The number of aliphatic hydroxyl groups is 1. The molecule has 4 N–H and O–H groups in total. The Labute approximate surface area is 207 Å². The Balaban J connectivity index is 1.48. The fourth-order valence-corrected chi connectivity index (χ4v) is 3.62. The molecule has 0 spiro atoms. The summed E-state index contributed by atoms with van der Waals surface area (Å²) in [6.07, 6.45) is 2.13. The molecule has 0 radical (unpaired) electrons. The van der Waals surface area contributed by atoms with Crippen LogP contribution in [0.1, 0.15) is 33.1 Å². The highest BCUT2D eigenvalue weighted by Gasteiger charge is 2.18. The van der Waals surface area contributed by atoms with E-state index in [4.69, 9.17) is 5.11 Å². The molecule has 1 amide bonds. The molecule has 0 aliphatic rings. The summed E-state index contributed by atoms with van der Waals surface area (Å²) in [5.74, 6) is -2.03. The molecule has 2 aromatic carbocycles. The molecule has 36 heavy (non-hydrogen) atoms. The van der Waals surface area contributed by atoms with E-state index in [1.165, 1.54) is 0 Å². The maximum Gasteiger partial charge on any atom is 0.322 e. The number of carboxylic acid groups (broad SMARTS) is 1. The smallest absolute Gasteiger partial charge is 0.322 e. The second kappa shape index (κ2) is 10.7. The van der Waals surface area contributed by atoms with Crippen molar-refractivity contribution >= 4 is 11.9 Å². The van der Waals surface area contributed by atoms with Gasteiger partial charge in [0, 0.05) is 23.7 Å². The zero-order valence-corrected chi connectivity index (χ0v) is 19.5. The molecule has 182 valence electrons. The van der Waals surface area contributed by atoms with Gasteiger partial charge in [0.1, 0.15) is 12.4 Å². The topological polar surface area (TPSA) is 146 Å². The van der Waals surface area contributed by atoms with E-state index in [0.717, 1.165) is 33.5 Å². The van der Waals surface area contributed by atoms with Gasteiger partial charge in [0.05, 0.1) is 18.0 Å². The number of rotatable bonds is 8. The SMILES string of the molecule is Cc1nc(Cc2ccc(-c3ccc(-c4ccc(CO)cc4)nc3)cc2)nc(C(=O)NCC(=O)O)c1O. The van der Waals surface area contributed by atoms with Crippen LogP contribution in [0.25, 0.3) is 22.4 Å². The van der Waals surface area contributed by atoms with Crippen LogP contribution in [0.5, 0.6) is 5.75 Å². The Bertz CT molecular complexity index is 1390. The van der Waals surface area contributed by atoms with Crippen molar-refractivity contribution in [3.63, 3.8) is 0 Å². The van der Waals surface area contributed by atoms with E-state index in [2.05, 4.69) is 20.3 Å². The fraction of sp³-hybridized carbons (Fsp3) is 0.148. The minimum Gasteiger partial charge on any atom is -0.504 e. The third kappa shape index (κ3) is 5.70. The van der Waals surface area contributed by atoms with Gasteiger partial charge < -0.3 is 20.6 Å². The zero-order chi connectivity index (χ0) is 25.7. The molecule has 0 aliphatic heterocycles. The molecule has 0 aliphatic carbocycles. The molecule has 0 saturated heterocycles. The summed E-state index contributed by atoms with van der Waals surface area (Å²) in [6, 6.07) is 19.3. The van der Waals surface area contributed by atoms with Crippen molar-refractivity contribution in [2.75, 3.05) is 6.54 Å². The Morgan fingerprint density at radius 1 is 0.861 bits per heavy atom. The molecule has 4 rings (SSSR count). The number of carbonyl (C=O) groups excluding carboxylic acids is 1. The second-order valence-corrected chi connectivity index (χ2v) is 8.16. The van der Waals surface area contributed by atoms with Crippen LogP contribution in [0.2, 0.25) is 0 Å². The lowest BCUT2D eigenvalue weighted by Crippen LogP contribution is -2.30. The van der Waals surface area contributed by atoms with E-state index in [9.17, 15) is 19.8 Å². The summed E-state index contributed by atoms with van der Waals surface area (Å²) >= 11 is 0. The number of aromatic nitrogens is 3. The second-order valence-electron chi connectivity index (χ2n) is 8.16. The van der Waals surface area contributed by atoms with Gasteiger partial charge >= 0.3 is 5.97 Å². The fourth-order valence-electron chi connectivity index (χ4n) is 3.62. The Morgan fingerprint density at radius 3 is 2.11 bits per heavy atom. The van der Waals surface area contributed by atoms with E-state index in [-0.39, 0.29) is 23.7 Å². The van der Waals surface area contributed by atoms with Gasteiger partial charge in [-0.15, -0.1) is 0 Å². The first-order chi connectivity index (χ1) is 17.3. The molecular formula is C27H24N4O5. The number of aliphatic carboxylic acids is 1. The van der Waals surface area contributed by atoms with Crippen molar-refractivity contribution in [2.45, 2.75) is 20.0 Å². The lowest BCUT2D eigenvalue weighted by Gasteiger charge is -2.10. The molecule has 2 heterocycles. The zero-order valence-electron chi connectivity index (χ0n) is 19.5. The van der Waals surface area contributed by atoms with E-state index in [1.807, 2.05) is 60.7 Å². The standard InChI is InChI=1S/C27H24N4O5/c1-16-26(35)25(27(36)29-14-24(33)34)31-23(30-16)12-17-2-6-19(7-3-17)21-10-11-22(28-13-21)20-8-4-18(15-32)5-9-20/h2-11,13,32,35H,12,14-15H2,1H3,(H,29,36)(H,33,34). The molecule has 0 fully saturated rings. The molecule has 0 unspecified atom stereocenters. The van der Waals surface area contributed by atoms with Gasteiger partial charge in [0.25, 0.3) is 5.91 Å². The van der Waals surface area contributed by atoms with Gasteiger partial charge in [0.2, 0.25) is 0 Å². The first kappa shape index (κ1) is 24.5. The van der Waals surface area contributed by atoms with Crippen LogP contribution in [0.15, 0.2) is 66.9 Å². The molecule has 2 aromatic heterocycles. The van der Waals surface area contributed by atoms with Crippen molar-refractivity contribution in [3.8, 4) is 28.1 Å². The van der Waals surface area contributed by atoms with E-state index >= 15 is 0 Å². The van der Waals surface area contributed by atoms with E-state index < -0.39 is 18.4 Å². The molecular weight excluding hydrogens is 460 g/mol. The summed E-state index contributed by atoms with van der Waals surface area (Å²) in [4.78, 5) is 35.9. The number of hydrogen-bond acceptors (Lipinski definition) is 7. The lowest BCUT2D eigenvalue weighted by molar-refractivity contribution is -0.135. The predicted octanol–water partition coefficient (Wildman–Crippen LogP) is 3.12. The van der Waals surface area contributed by atoms with Crippen molar-refractivity contribution in [2.24, 2.45) is 0 Å². The maximum absolute atomic E-state index is 12.2. The first-order valence-electron chi connectivity index (χ1n) is 11.2. The Kier molecular flexibility index (Phi) is 7.31. The number of aliphatic hydroxyl groups excluding tert-OH is 1. The number of carbonyl (C=O) groups is 2. The molecule has 0 atom stereocenters. The molecule has 4 aromatic rings. The van der Waals surface area contributed by atoms with E-state index in [1.54, 1.807) is 13.1 Å². The van der Waals surface area contributed by atoms with Crippen molar-refractivity contribution < 1.29 is 24.9 Å². The van der Waals surface area contributed by atoms with Gasteiger partial charge in [-0.3, -0.25) is 14.6 Å². The number of benzene rings is 2. The Hall–Kier alpha value is -4.63. The normalized spacial score (nSPS) is 10.7. The average molecular weight is 485 g/mol. The number of nitrogens with one attached hydrogen (secondary N) is 1. The highest BCUT2D eigenvalue weighted by Crippen LogP contribution is 2.24. The van der Waals surface area contributed by atoms with Gasteiger partial charge in [0.15, 0.2) is 11.4 Å². The van der Waals surface area contributed by atoms with Crippen LogP contribution in [-0.4, -0.2) is 48.7 Å². The number of nitrogens with zero attached hydrogens (tertiary/aromatic N) is 3. The molecule has 9 heteroatoms. The monoisotopic (exact) mass is 484 g/mol. The van der Waals surface area contributed by atoms with Crippen molar-refractivity contribution in [1.29, 1.82) is 0 Å². The van der Waals surface area contributed by atoms with E-state index in [0.29, 0.717) is 12.2 Å². The quantitative estimate of drug-likeness (QED) is 0.298.